The summed E-state index contributed by atoms with van der Waals surface area (Å²) in [4.78, 5) is 27.5. The summed E-state index contributed by atoms with van der Waals surface area (Å²) in [6.45, 7) is 10.8. The number of hydrogen-bond acceptors (Lipinski definition) is 6. The minimum Gasteiger partial charge on any atom is -0.383 e. The average molecular weight is 518 g/mol. The molecular weight excluding hydrogens is 482 g/mol. The Hall–Kier alpha value is -4.05. The molecule has 10 heteroatoms. The standard InChI is InChI=1S/C28H35N7O3/c1-5-26-25(20(2)21(3)27(36)29-12-15-38-4)17-35(32-26)16-22-10-13-33(14-11-22)28(37)23-6-8-24(9-7-23)34-18-30-31-19-34/h5-9,17-19,22H,1,10-16H2,2-4H3,(H,29,36)/b21-20+. The third-order valence-electron chi connectivity index (χ3n) is 7.06. The van der Waals surface area contributed by atoms with Gasteiger partial charge in [0, 0.05) is 61.9 Å². The first-order valence-electron chi connectivity index (χ1n) is 12.8. The predicted molar refractivity (Wildman–Crippen MR) is 145 cm³/mol. The van der Waals surface area contributed by atoms with Crippen molar-refractivity contribution >= 4 is 23.5 Å². The summed E-state index contributed by atoms with van der Waals surface area (Å²) in [5.74, 6) is 0.338. The molecule has 3 heterocycles. The number of benzene rings is 1. The van der Waals surface area contributed by atoms with E-state index in [4.69, 9.17) is 9.84 Å². The molecule has 200 valence electrons. The fourth-order valence-electron chi connectivity index (χ4n) is 4.62. The van der Waals surface area contributed by atoms with Crippen LogP contribution in [0.4, 0.5) is 0 Å². The zero-order valence-electron chi connectivity index (χ0n) is 22.3. The summed E-state index contributed by atoms with van der Waals surface area (Å²) < 4.78 is 8.75. The third kappa shape index (κ3) is 6.25. The molecule has 1 aromatic carbocycles. The molecule has 1 aliphatic heterocycles. The molecule has 2 amide bonds. The second kappa shape index (κ2) is 12.5. The van der Waals surface area contributed by atoms with Gasteiger partial charge in [-0.05, 0) is 68.5 Å². The van der Waals surface area contributed by atoms with Gasteiger partial charge in [0.2, 0.25) is 5.91 Å². The van der Waals surface area contributed by atoms with Crippen LogP contribution in [0.2, 0.25) is 0 Å². The number of nitrogens with zero attached hydrogens (tertiary/aromatic N) is 6. The highest BCUT2D eigenvalue weighted by Gasteiger charge is 2.25. The van der Waals surface area contributed by atoms with Crippen LogP contribution in [0.1, 0.15) is 48.3 Å². The van der Waals surface area contributed by atoms with E-state index < -0.39 is 0 Å². The maximum atomic E-state index is 13.0. The molecule has 0 bridgehead atoms. The molecular formula is C28H35N7O3. The van der Waals surface area contributed by atoms with E-state index >= 15 is 0 Å². The number of allylic oxidation sites excluding steroid dienone is 1. The Bertz CT molecular complexity index is 1280. The van der Waals surface area contributed by atoms with Gasteiger partial charge in [-0.2, -0.15) is 5.10 Å². The second-order valence-electron chi connectivity index (χ2n) is 9.50. The summed E-state index contributed by atoms with van der Waals surface area (Å²) >= 11 is 0. The lowest BCUT2D eigenvalue weighted by molar-refractivity contribution is -0.117. The maximum Gasteiger partial charge on any atom is 0.253 e. The molecule has 4 rings (SSSR count). The Kier molecular flexibility index (Phi) is 8.85. The first-order valence-corrected chi connectivity index (χ1v) is 12.8. The molecule has 1 fully saturated rings. The van der Waals surface area contributed by atoms with Gasteiger partial charge in [-0.3, -0.25) is 18.8 Å². The summed E-state index contributed by atoms with van der Waals surface area (Å²) in [6, 6.07) is 7.50. The Balaban J connectivity index is 1.35. The Labute approximate surface area is 223 Å². The SMILES string of the molecule is C=Cc1nn(CC2CCN(C(=O)c3ccc(-n4cnnc4)cc3)CC2)cc1/C(C)=C(\C)C(=O)NCCOC. The van der Waals surface area contributed by atoms with Gasteiger partial charge in [0.15, 0.2) is 0 Å². The molecule has 10 nitrogen and oxygen atoms in total. The zero-order chi connectivity index (χ0) is 27.1. The molecule has 0 spiro atoms. The molecule has 1 N–H and O–H groups in total. The number of methoxy groups -OCH3 is 1. The van der Waals surface area contributed by atoms with Crippen LogP contribution in [0.15, 0.2) is 55.3 Å². The number of ether oxygens (including phenoxy) is 1. The highest BCUT2D eigenvalue weighted by molar-refractivity contribution is 6.00. The first-order chi connectivity index (χ1) is 18.4. The van der Waals surface area contributed by atoms with Crippen molar-refractivity contribution in [3.8, 4) is 5.69 Å². The summed E-state index contributed by atoms with van der Waals surface area (Å²) in [5.41, 5.74) is 4.77. The second-order valence-corrected chi connectivity index (χ2v) is 9.50. The number of hydrogen-bond donors (Lipinski definition) is 1. The van der Waals surface area contributed by atoms with Crippen molar-refractivity contribution < 1.29 is 14.3 Å². The number of amides is 2. The Morgan fingerprint density at radius 2 is 1.82 bits per heavy atom. The van der Waals surface area contributed by atoms with Crippen LogP contribution in [0.25, 0.3) is 17.3 Å². The quantitative estimate of drug-likeness (QED) is 0.327. The van der Waals surface area contributed by atoms with E-state index in [0.29, 0.717) is 43.3 Å². The number of likely N-dealkylation sites (tertiary alicyclic amines) is 1. The van der Waals surface area contributed by atoms with E-state index in [2.05, 4.69) is 22.1 Å². The van der Waals surface area contributed by atoms with Crippen molar-refractivity contribution in [2.75, 3.05) is 33.4 Å². The third-order valence-corrected chi connectivity index (χ3v) is 7.06. The predicted octanol–water partition coefficient (Wildman–Crippen LogP) is 3.22. The topological polar surface area (TPSA) is 107 Å². The number of nitrogens with one attached hydrogen (secondary N) is 1. The van der Waals surface area contributed by atoms with Gasteiger partial charge in [0.1, 0.15) is 12.7 Å². The lowest BCUT2D eigenvalue weighted by atomic mass is 9.96. The molecule has 2 aromatic heterocycles. The van der Waals surface area contributed by atoms with Crippen LogP contribution in [0.3, 0.4) is 0 Å². The number of rotatable bonds is 10. The summed E-state index contributed by atoms with van der Waals surface area (Å²) in [7, 11) is 1.60. The number of carbonyl (C=O) groups is 2. The smallest absolute Gasteiger partial charge is 0.253 e. The van der Waals surface area contributed by atoms with Crippen molar-refractivity contribution in [1.29, 1.82) is 0 Å². The molecule has 0 unspecified atom stereocenters. The zero-order valence-corrected chi connectivity index (χ0v) is 22.3. The van der Waals surface area contributed by atoms with Crippen molar-refractivity contribution in [3.63, 3.8) is 0 Å². The first kappa shape index (κ1) is 27.0. The summed E-state index contributed by atoms with van der Waals surface area (Å²) in [5, 5.41) is 15.2. The Morgan fingerprint density at radius 3 is 2.45 bits per heavy atom. The molecule has 0 radical (unpaired) electrons. The van der Waals surface area contributed by atoms with E-state index in [0.717, 1.165) is 41.9 Å². The van der Waals surface area contributed by atoms with E-state index in [-0.39, 0.29) is 11.8 Å². The number of aromatic nitrogens is 5. The van der Waals surface area contributed by atoms with E-state index in [9.17, 15) is 9.59 Å². The molecule has 0 atom stereocenters. The summed E-state index contributed by atoms with van der Waals surface area (Å²) in [6.07, 6.45) is 8.77. The van der Waals surface area contributed by atoms with E-state index in [1.807, 2.05) is 53.9 Å². The van der Waals surface area contributed by atoms with Gasteiger partial charge in [-0.25, -0.2) is 0 Å². The lowest BCUT2D eigenvalue weighted by Gasteiger charge is -2.32. The van der Waals surface area contributed by atoms with Gasteiger partial charge >= 0.3 is 0 Å². The van der Waals surface area contributed by atoms with Crippen LogP contribution >= 0.6 is 0 Å². The normalized spacial score (nSPS) is 14.8. The molecule has 1 aliphatic rings. The van der Waals surface area contributed by atoms with Crippen LogP contribution in [-0.4, -0.2) is 74.6 Å². The maximum absolute atomic E-state index is 13.0. The fraction of sp³-hybridized carbons (Fsp3) is 0.393. The van der Waals surface area contributed by atoms with Crippen LogP contribution in [-0.2, 0) is 16.1 Å². The van der Waals surface area contributed by atoms with Gasteiger partial charge in [-0.15, -0.1) is 10.2 Å². The molecule has 0 saturated carbocycles. The van der Waals surface area contributed by atoms with Crippen LogP contribution in [0.5, 0.6) is 0 Å². The van der Waals surface area contributed by atoms with E-state index in [1.165, 1.54) is 0 Å². The number of carbonyl (C=O) groups excluding carboxylic acids is 2. The minimum absolute atomic E-state index is 0.0501. The van der Waals surface area contributed by atoms with Crippen molar-refractivity contribution in [1.82, 2.24) is 34.8 Å². The molecule has 38 heavy (non-hydrogen) atoms. The van der Waals surface area contributed by atoms with Crippen molar-refractivity contribution in [2.24, 2.45) is 5.92 Å². The highest BCUT2D eigenvalue weighted by Crippen LogP contribution is 2.25. The fourth-order valence-corrected chi connectivity index (χ4v) is 4.62. The largest absolute Gasteiger partial charge is 0.383 e. The van der Waals surface area contributed by atoms with E-state index in [1.54, 1.807) is 30.4 Å². The molecule has 3 aromatic rings. The Morgan fingerprint density at radius 1 is 1.13 bits per heavy atom. The van der Waals surface area contributed by atoms with Gasteiger partial charge in [0.25, 0.3) is 5.91 Å². The van der Waals surface area contributed by atoms with Gasteiger partial charge in [-0.1, -0.05) is 6.58 Å². The molecule has 0 aliphatic carbocycles. The van der Waals surface area contributed by atoms with Crippen LogP contribution in [0, 0.1) is 5.92 Å². The monoisotopic (exact) mass is 517 g/mol. The van der Waals surface area contributed by atoms with Crippen LogP contribution < -0.4 is 5.32 Å². The minimum atomic E-state index is -0.118. The lowest BCUT2D eigenvalue weighted by Crippen LogP contribution is -2.39. The van der Waals surface area contributed by atoms with Crippen molar-refractivity contribution in [2.45, 2.75) is 33.2 Å². The average Bonchev–Trinajstić information content (AvgIpc) is 3.63. The van der Waals surface area contributed by atoms with Gasteiger partial charge in [0.05, 0.1) is 12.3 Å². The number of piperidine rings is 1. The molecule has 1 saturated heterocycles. The highest BCUT2D eigenvalue weighted by atomic mass is 16.5. The van der Waals surface area contributed by atoms with Gasteiger partial charge < -0.3 is 15.0 Å². The van der Waals surface area contributed by atoms with Crippen molar-refractivity contribution in [3.05, 3.63) is 72.1 Å².